The van der Waals surface area contributed by atoms with Crippen molar-refractivity contribution in [2.75, 3.05) is 5.32 Å². The molecule has 5 nitrogen and oxygen atoms in total. The summed E-state index contributed by atoms with van der Waals surface area (Å²) in [5, 5.41) is 6.33. The lowest BCUT2D eigenvalue weighted by atomic mass is 10.00. The van der Waals surface area contributed by atoms with Crippen molar-refractivity contribution in [3.05, 3.63) is 76.5 Å². The molecule has 7 heteroatoms. The number of nitrogens with one attached hydrogen (secondary N) is 1. The van der Waals surface area contributed by atoms with Crippen molar-refractivity contribution in [2.45, 2.75) is 58.2 Å². The second-order valence-corrected chi connectivity index (χ2v) is 11.2. The first kappa shape index (κ1) is 23.4. The van der Waals surface area contributed by atoms with E-state index < -0.39 is 0 Å². The van der Waals surface area contributed by atoms with Gasteiger partial charge < -0.3 is 10.2 Å². The van der Waals surface area contributed by atoms with E-state index >= 15 is 0 Å². The molecular formula is C28H29FN4OS. The number of rotatable bonds is 7. The number of fused-ring (bicyclic) bond motifs is 1. The number of hydrogen-bond donors (Lipinski definition) is 1. The maximum atomic E-state index is 14.9. The van der Waals surface area contributed by atoms with Crippen LogP contribution in [0, 0.1) is 5.82 Å². The number of anilines is 1. The summed E-state index contributed by atoms with van der Waals surface area (Å²) in [4.78, 5) is 24.8. The fourth-order valence-corrected chi connectivity index (χ4v) is 4.92. The largest absolute Gasteiger partial charge is 0.365 e. The van der Waals surface area contributed by atoms with E-state index in [0.717, 1.165) is 45.6 Å². The van der Waals surface area contributed by atoms with Crippen LogP contribution in [0.3, 0.4) is 0 Å². The Morgan fingerprint density at radius 2 is 1.89 bits per heavy atom. The van der Waals surface area contributed by atoms with Gasteiger partial charge in [0, 0.05) is 34.0 Å². The number of amides is 1. The third kappa shape index (κ3) is 5.51. The van der Waals surface area contributed by atoms with Gasteiger partial charge in [-0.15, -0.1) is 11.3 Å². The lowest BCUT2D eigenvalue weighted by molar-refractivity contribution is -0.131. The normalized spacial score (nSPS) is 13.7. The lowest BCUT2D eigenvalue weighted by Gasteiger charge is -2.23. The minimum atomic E-state index is -0.289. The van der Waals surface area contributed by atoms with Gasteiger partial charge in [-0.3, -0.25) is 4.79 Å². The van der Waals surface area contributed by atoms with Gasteiger partial charge in [-0.2, -0.15) is 0 Å². The SMILES string of the molecule is CC(C)(C)Nc1ncnc2ccc(-c3ccc(F)c(CN(C(=O)Cc4cccs4)C4CC4)c3)cc12. The van der Waals surface area contributed by atoms with Crippen LogP contribution in [0.2, 0.25) is 0 Å². The van der Waals surface area contributed by atoms with E-state index in [-0.39, 0.29) is 29.8 Å². The van der Waals surface area contributed by atoms with E-state index in [1.807, 2.05) is 46.7 Å². The van der Waals surface area contributed by atoms with Gasteiger partial charge in [0.25, 0.3) is 0 Å². The highest BCUT2D eigenvalue weighted by molar-refractivity contribution is 7.10. The van der Waals surface area contributed by atoms with Gasteiger partial charge in [0.2, 0.25) is 5.91 Å². The average Bonchev–Trinajstić information content (AvgIpc) is 3.53. The van der Waals surface area contributed by atoms with Crippen LogP contribution in [-0.4, -0.2) is 32.4 Å². The number of benzene rings is 2. The van der Waals surface area contributed by atoms with Crippen molar-refractivity contribution < 1.29 is 9.18 Å². The molecule has 0 saturated heterocycles. The number of aromatic nitrogens is 2. The van der Waals surface area contributed by atoms with Crippen LogP contribution >= 0.6 is 11.3 Å². The number of halogens is 1. The third-order valence-electron chi connectivity index (χ3n) is 6.06. The first-order valence-electron chi connectivity index (χ1n) is 11.9. The Hall–Kier alpha value is -3.32. The highest BCUT2D eigenvalue weighted by Gasteiger charge is 2.33. The van der Waals surface area contributed by atoms with Crippen LogP contribution in [0.5, 0.6) is 0 Å². The molecule has 1 N–H and O–H groups in total. The summed E-state index contributed by atoms with van der Waals surface area (Å²) in [5.41, 5.74) is 3.08. The first-order valence-corrected chi connectivity index (χ1v) is 12.8. The minimum Gasteiger partial charge on any atom is -0.365 e. The predicted octanol–water partition coefficient (Wildman–Crippen LogP) is 6.44. The smallest absolute Gasteiger partial charge is 0.228 e. The van der Waals surface area contributed by atoms with Gasteiger partial charge in [-0.05, 0) is 80.5 Å². The molecule has 2 aromatic heterocycles. The van der Waals surface area contributed by atoms with Gasteiger partial charge in [0.15, 0.2) is 0 Å². The summed E-state index contributed by atoms with van der Waals surface area (Å²) in [5.74, 6) is 0.536. The summed E-state index contributed by atoms with van der Waals surface area (Å²) >= 11 is 1.58. The molecule has 0 aliphatic heterocycles. The second-order valence-electron chi connectivity index (χ2n) is 10.1. The van der Waals surface area contributed by atoms with Crippen LogP contribution in [0.1, 0.15) is 44.1 Å². The number of nitrogens with zero attached hydrogens (tertiary/aromatic N) is 3. The zero-order valence-corrected chi connectivity index (χ0v) is 21.0. The van der Waals surface area contributed by atoms with Crippen LogP contribution in [0.25, 0.3) is 22.0 Å². The molecular weight excluding hydrogens is 459 g/mol. The minimum absolute atomic E-state index is 0.0560. The molecule has 1 saturated carbocycles. The zero-order chi connectivity index (χ0) is 24.6. The lowest BCUT2D eigenvalue weighted by Crippen LogP contribution is -2.34. The first-order chi connectivity index (χ1) is 16.8. The van der Waals surface area contributed by atoms with Crippen LogP contribution in [-0.2, 0) is 17.8 Å². The number of hydrogen-bond acceptors (Lipinski definition) is 5. The summed E-state index contributed by atoms with van der Waals surface area (Å²) in [6.45, 7) is 6.54. The van der Waals surface area contributed by atoms with Gasteiger partial charge in [-0.1, -0.05) is 18.2 Å². The quantitative estimate of drug-likeness (QED) is 0.325. The highest BCUT2D eigenvalue weighted by atomic mass is 32.1. The molecule has 180 valence electrons. The van der Waals surface area contributed by atoms with E-state index in [9.17, 15) is 9.18 Å². The van der Waals surface area contributed by atoms with Gasteiger partial charge >= 0.3 is 0 Å². The van der Waals surface area contributed by atoms with Crippen LogP contribution in [0.15, 0.2) is 60.2 Å². The van der Waals surface area contributed by atoms with Crippen molar-refractivity contribution in [1.29, 1.82) is 0 Å². The maximum absolute atomic E-state index is 14.9. The number of carbonyl (C=O) groups excluding carboxylic acids is 1. The Labute approximate surface area is 209 Å². The Morgan fingerprint density at radius 1 is 1.11 bits per heavy atom. The molecule has 1 fully saturated rings. The molecule has 35 heavy (non-hydrogen) atoms. The fourth-order valence-electron chi connectivity index (χ4n) is 4.22. The van der Waals surface area contributed by atoms with Crippen molar-refractivity contribution in [3.8, 4) is 11.1 Å². The zero-order valence-electron chi connectivity index (χ0n) is 20.2. The predicted molar refractivity (Wildman–Crippen MR) is 140 cm³/mol. The molecule has 0 radical (unpaired) electrons. The third-order valence-corrected chi connectivity index (χ3v) is 6.94. The monoisotopic (exact) mass is 488 g/mol. The maximum Gasteiger partial charge on any atom is 0.228 e. The van der Waals surface area contributed by atoms with E-state index in [4.69, 9.17) is 0 Å². The second kappa shape index (κ2) is 9.38. The summed E-state index contributed by atoms with van der Waals surface area (Å²) in [7, 11) is 0. The highest BCUT2D eigenvalue weighted by Crippen LogP contribution is 2.32. The molecule has 2 heterocycles. The van der Waals surface area contributed by atoms with Crippen molar-refractivity contribution in [2.24, 2.45) is 0 Å². The van der Waals surface area contributed by atoms with E-state index in [1.54, 1.807) is 23.7 Å². The number of carbonyl (C=O) groups is 1. The summed E-state index contributed by atoms with van der Waals surface area (Å²) in [6.07, 6.45) is 3.88. The Balaban J connectivity index is 1.44. The Morgan fingerprint density at radius 3 is 2.60 bits per heavy atom. The molecule has 4 aromatic rings. The van der Waals surface area contributed by atoms with Gasteiger partial charge in [0.05, 0.1) is 11.9 Å². The van der Waals surface area contributed by atoms with Crippen LogP contribution < -0.4 is 5.32 Å². The molecule has 1 amide bonds. The van der Waals surface area contributed by atoms with E-state index in [1.165, 1.54) is 6.07 Å². The van der Waals surface area contributed by atoms with Crippen molar-refractivity contribution in [3.63, 3.8) is 0 Å². The molecule has 5 rings (SSSR count). The molecule has 1 aliphatic carbocycles. The Bertz CT molecular complexity index is 1360. The standard InChI is InChI=1S/C28H29FN4OS/c1-28(2,3)32-27-23-14-19(7-11-25(23)30-17-31-27)18-6-10-24(29)20(13-18)16-33(21-8-9-21)26(34)15-22-5-4-12-35-22/h4-7,10-14,17,21H,8-9,15-16H2,1-3H3,(H,30,31,32). The average molecular weight is 489 g/mol. The van der Waals surface area contributed by atoms with Crippen molar-refractivity contribution in [1.82, 2.24) is 14.9 Å². The Kier molecular flexibility index (Phi) is 6.28. The summed E-state index contributed by atoms with van der Waals surface area (Å²) < 4.78 is 14.9. The molecule has 2 aromatic carbocycles. The van der Waals surface area contributed by atoms with E-state index in [0.29, 0.717) is 12.0 Å². The van der Waals surface area contributed by atoms with Crippen LogP contribution in [0.4, 0.5) is 10.2 Å². The number of thiophene rings is 1. The molecule has 1 aliphatic rings. The molecule has 0 spiro atoms. The topological polar surface area (TPSA) is 58.1 Å². The van der Waals surface area contributed by atoms with Gasteiger partial charge in [-0.25, -0.2) is 14.4 Å². The van der Waals surface area contributed by atoms with Gasteiger partial charge in [0.1, 0.15) is 18.0 Å². The van der Waals surface area contributed by atoms with Crippen molar-refractivity contribution >= 4 is 34.0 Å². The molecule has 0 bridgehead atoms. The van der Waals surface area contributed by atoms with E-state index in [2.05, 4.69) is 36.1 Å². The molecule has 0 unspecified atom stereocenters. The molecule has 0 atom stereocenters. The summed E-state index contributed by atoms with van der Waals surface area (Å²) in [6, 6.07) is 15.3. The fraction of sp³-hybridized carbons (Fsp3) is 0.321.